The molecular weight excluding hydrogens is 188 g/mol. The molecule has 0 fully saturated rings. The fourth-order valence-corrected chi connectivity index (χ4v) is 1.53. The standard InChI is InChI=1S/C13H26O2/c1-6-9-12(4,5)15-11-10-13(14,7-2)8-3/h6,14H,1,7-11H2,2-5H3. The van der Waals surface area contributed by atoms with E-state index in [1.165, 1.54) is 0 Å². The molecule has 90 valence electrons. The molecule has 0 saturated carbocycles. The molecule has 0 aromatic rings. The highest BCUT2D eigenvalue weighted by molar-refractivity contribution is 4.81. The SMILES string of the molecule is C=CCC(C)(C)OCCC(O)(CC)CC. The first-order valence-electron chi connectivity index (χ1n) is 5.86. The van der Waals surface area contributed by atoms with Crippen LogP contribution in [0.3, 0.4) is 0 Å². The molecule has 0 aliphatic heterocycles. The highest BCUT2D eigenvalue weighted by Gasteiger charge is 2.23. The Kier molecular flexibility index (Phi) is 6.15. The lowest BCUT2D eigenvalue weighted by Crippen LogP contribution is -2.31. The van der Waals surface area contributed by atoms with E-state index in [1.807, 2.05) is 33.8 Å². The largest absolute Gasteiger partial charge is 0.390 e. The first kappa shape index (κ1) is 14.7. The Labute approximate surface area is 94.3 Å². The summed E-state index contributed by atoms with van der Waals surface area (Å²) in [4.78, 5) is 0. The third-order valence-electron chi connectivity index (χ3n) is 3.01. The topological polar surface area (TPSA) is 29.5 Å². The molecule has 1 N–H and O–H groups in total. The van der Waals surface area contributed by atoms with E-state index in [1.54, 1.807) is 0 Å². The van der Waals surface area contributed by atoms with Gasteiger partial charge in [0.05, 0.1) is 17.8 Å². The van der Waals surface area contributed by atoms with Gasteiger partial charge in [-0.15, -0.1) is 6.58 Å². The Balaban J connectivity index is 3.91. The Hall–Kier alpha value is -0.340. The molecule has 0 spiro atoms. The number of ether oxygens (including phenoxy) is 1. The van der Waals surface area contributed by atoms with Crippen molar-refractivity contribution in [2.75, 3.05) is 6.61 Å². The second-order valence-corrected chi connectivity index (χ2v) is 4.78. The maximum atomic E-state index is 10.1. The van der Waals surface area contributed by atoms with Gasteiger partial charge in [-0.3, -0.25) is 0 Å². The predicted molar refractivity (Wildman–Crippen MR) is 65.0 cm³/mol. The second-order valence-electron chi connectivity index (χ2n) is 4.78. The summed E-state index contributed by atoms with van der Waals surface area (Å²) >= 11 is 0. The third-order valence-corrected chi connectivity index (χ3v) is 3.01. The van der Waals surface area contributed by atoms with Crippen molar-refractivity contribution in [3.63, 3.8) is 0 Å². The Morgan fingerprint density at radius 3 is 2.20 bits per heavy atom. The van der Waals surface area contributed by atoms with Crippen LogP contribution in [0.4, 0.5) is 0 Å². The molecule has 0 amide bonds. The average Bonchev–Trinajstić information content (AvgIpc) is 2.17. The van der Waals surface area contributed by atoms with Crippen molar-refractivity contribution in [1.29, 1.82) is 0 Å². The Morgan fingerprint density at radius 2 is 1.80 bits per heavy atom. The second kappa shape index (κ2) is 6.29. The van der Waals surface area contributed by atoms with Crippen LogP contribution in [0.1, 0.15) is 53.4 Å². The molecular formula is C13H26O2. The van der Waals surface area contributed by atoms with E-state index < -0.39 is 5.60 Å². The third kappa shape index (κ3) is 5.95. The van der Waals surface area contributed by atoms with E-state index >= 15 is 0 Å². The van der Waals surface area contributed by atoms with Gasteiger partial charge >= 0.3 is 0 Å². The maximum absolute atomic E-state index is 10.1. The van der Waals surface area contributed by atoms with Gasteiger partial charge in [0.15, 0.2) is 0 Å². The van der Waals surface area contributed by atoms with Crippen molar-refractivity contribution in [1.82, 2.24) is 0 Å². The number of hydrogen-bond acceptors (Lipinski definition) is 2. The van der Waals surface area contributed by atoms with Crippen LogP contribution in [-0.4, -0.2) is 22.9 Å². The molecule has 2 nitrogen and oxygen atoms in total. The lowest BCUT2D eigenvalue weighted by Gasteiger charge is -2.29. The summed E-state index contributed by atoms with van der Waals surface area (Å²) in [5.74, 6) is 0. The van der Waals surface area contributed by atoms with E-state index in [0.717, 1.165) is 19.3 Å². The van der Waals surface area contributed by atoms with E-state index in [-0.39, 0.29) is 5.60 Å². The number of hydrogen-bond donors (Lipinski definition) is 1. The summed E-state index contributed by atoms with van der Waals surface area (Å²) in [5.41, 5.74) is -0.714. The van der Waals surface area contributed by atoms with Gasteiger partial charge in [-0.2, -0.15) is 0 Å². The predicted octanol–water partition coefficient (Wildman–Crippen LogP) is 3.30. The van der Waals surface area contributed by atoms with Crippen molar-refractivity contribution >= 4 is 0 Å². The monoisotopic (exact) mass is 214 g/mol. The fourth-order valence-electron chi connectivity index (χ4n) is 1.53. The minimum Gasteiger partial charge on any atom is -0.390 e. The van der Waals surface area contributed by atoms with Crippen LogP contribution in [-0.2, 0) is 4.74 Å². The van der Waals surface area contributed by atoms with Crippen molar-refractivity contribution in [3.05, 3.63) is 12.7 Å². The number of rotatable bonds is 8. The summed E-state index contributed by atoms with van der Waals surface area (Å²) in [5, 5.41) is 10.1. The summed E-state index contributed by atoms with van der Waals surface area (Å²) in [6, 6.07) is 0. The van der Waals surface area contributed by atoms with Gasteiger partial charge in [0, 0.05) is 0 Å². The molecule has 0 unspecified atom stereocenters. The van der Waals surface area contributed by atoms with Crippen LogP contribution in [0, 0.1) is 0 Å². The van der Waals surface area contributed by atoms with Crippen LogP contribution in [0.2, 0.25) is 0 Å². The van der Waals surface area contributed by atoms with E-state index in [0.29, 0.717) is 13.0 Å². The fraction of sp³-hybridized carbons (Fsp3) is 0.846. The molecule has 15 heavy (non-hydrogen) atoms. The van der Waals surface area contributed by atoms with Gasteiger partial charge in [-0.05, 0) is 39.5 Å². The minimum atomic E-state index is -0.551. The smallest absolute Gasteiger partial charge is 0.0664 e. The highest BCUT2D eigenvalue weighted by atomic mass is 16.5. The van der Waals surface area contributed by atoms with Crippen LogP contribution in [0.15, 0.2) is 12.7 Å². The lowest BCUT2D eigenvalue weighted by molar-refractivity contribution is -0.0568. The molecule has 0 rings (SSSR count). The Morgan fingerprint density at radius 1 is 1.27 bits per heavy atom. The Bertz CT molecular complexity index is 181. The zero-order valence-electron chi connectivity index (χ0n) is 10.7. The van der Waals surface area contributed by atoms with E-state index in [2.05, 4.69) is 6.58 Å². The molecule has 0 aromatic heterocycles. The maximum Gasteiger partial charge on any atom is 0.0664 e. The van der Waals surface area contributed by atoms with E-state index in [9.17, 15) is 5.11 Å². The molecule has 0 aliphatic carbocycles. The first-order valence-corrected chi connectivity index (χ1v) is 5.86. The number of aliphatic hydroxyl groups is 1. The molecule has 0 radical (unpaired) electrons. The normalized spacial score (nSPS) is 12.9. The minimum absolute atomic E-state index is 0.163. The van der Waals surface area contributed by atoms with Crippen molar-refractivity contribution in [2.45, 2.75) is 64.6 Å². The first-order chi connectivity index (χ1) is 6.89. The van der Waals surface area contributed by atoms with Gasteiger partial charge in [-0.25, -0.2) is 0 Å². The molecule has 0 heterocycles. The summed E-state index contributed by atoms with van der Waals surface area (Å²) < 4.78 is 5.74. The molecule has 0 atom stereocenters. The summed E-state index contributed by atoms with van der Waals surface area (Å²) in [7, 11) is 0. The van der Waals surface area contributed by atoms with Gasteiger partial charge in [0.1, 0.15) is 0 Å². The van der Waals surface area contributed by atoms with Crippen LogP contribution >= 0.6 is 0 Å². The molecule has 0 bridgehead atoms. The molecule has 0 saturated heterocycles. The van der Waals surface area contributed by atoms with Crippen molar-refractivity contribution < 1.29 is 9.84 Å². The van der Waals surface area contributed by atoms with Gasteiger partial charge in [0.2, 0.25) is 0 Å². The van der Waals surface area contributed by atoms with Gasteiger partial charge < -0.3 is 9.84 Å². The lowest BCUT2D eigenvalue weighted by atomic mass is 9.94. The molecule has 0 aromatic carbocycles. The highest BCUT2D eigenvalue weighted by Crippen LogP contribution is 2.22. The zero-order chi connectivity index (χ0) is 11.9. The summed E-state index contributed by atoms with van der Waals surface area (Å²) in [6.45, 7) is 12.4. The van der Waals surface area contributed by atoms with Gasteiger partial charge in [0.25, 0.3) is 0 Å². The van der Waals surface area contributed by atoms with Crippen LogP contribution < -0.4 is 0 Å². The average molecular weight is 214 g/mol. The summed E-state index contributed by atoms with van der Waals surface area (Å²) in [6.07, 6.45) is 4.99. The van der Waals surface area contributed by atoms with Crippen LogP contribution in [0.25, 0.3) is 0 Å². The zero-order valence-corrected chi connectivity index (χ0v) is 10.7. The van der Waals surface area contributed by atoms with Crippen LogP contribution in [0.5, 0.6) is 0 Å². The van der Waals surface area contributed by atoms with Crippen molar-refractivity contribution in [2.24, 2.45) is 0 Å². The quantitative estimate of drug-likeness (QED) is 0.628. The van der Waals surface area contributed by atoms with E-state index in [4.69, 9.17) is 4.74 Å². The van der Waals surface area contributed by atoms with Gasteiger partial charge in [-0.1, -0.05) is 19.9 Å². The molecule has 2 heteroatoms. The van der Waals surface area contributed by atoms with Crippen molar-refractivity contribution in [3.8, 4) is 0 Å². The molecule has 0 aliphatic rings.